The van der Waals surface area contributed by atoms with E-state index in [1.165, 1.54) is 12.1 Å². The number of carboxylic acids is 1. The predicted molar refractivity (Wildman–Crippen MR) is 72.8 cm³/mol. The van der Waals surface area contributed by atoms with Gasteiger partial charge in [-0.15, -0.1) is 5.10 Å². The van der Waals surface area contributed by atoms with Crippen molar-refractivity contribution < 1.29 is 14.8 Å². The SMILES string of the molecule is O=C(O)CCc1cn(CCc2ccc([N+](=O)[O-])cc2)nn1. The minimum atomic E-state index is -0.865. The molecule has 2 aromatic rings. The van der Waals surface area contributed by atoms with Crippen LogP contribution in [0.5, 0.6) is 0 Å². The minimum absolute atomic E-state index is 0.0288. The average Bonchev–Trinajstić information content (AvgIpc) is 2.91. The summed E-state index contributed by atoms with van der Waals surface area (Å²) in [6.45, 7) is 0.581. The summed E-state index contributed by atoms with van der Waals surface area (Å²) in [7, 11) is 0. The highest BCUT2D eigenvalue weighted by Crippen LogP contribution is 2.12. The van der Waals surface area contributed by atoms with Crippen molar-refractivity contribution in [1.29, 1.82) is 0 Å². The Morgan fingerprint density at radius 1 is 1.29 bits per heavy atom. The molecule has 0 radical (unpaired) electrons. The molecule has 1 N–H and O–H groups in total. The number of nitrogens with zero attached hydrogens (tertiary/aromatic N) is 4. The highest BCUT2D eigenvalue weighted by Gasteiger charge is 2.06. The molecule has 110 valence electrons. The van der Waals surface area contributed by atoms with Gasteiger partial charge in [0.25, 0.3) is 5.69 Å². The molecule has 2 rings (SSSR count). The smallest absolute Gasteiger partial charge is 0.303 e. The molecule has 0 amide bonds. The maximum atomic E-state index is 10.5. The number of rotatable bonds is 7. The van der Waals surface area contributed by atoms with E-state index < -0.39 is 10.9 Å². The lowest BCUT2D eigenvalue weighted by atomic mass is 10.1. The van der Waals surface area contributed by atoms with Crippen LogP contribution in [0.2, 0.25) is 0 Å². The number of carboxylic acid groups (broad SMARTS) is 1. The zero-order chi connectivity index (χ0) is 15.2. The van der Waals surface area contributed by atoms with Crippen molar-refractivity contribution in [3.63, 3.8) is 0 Å². The molecule has 21 heavy (non-hydrogen) atoms. The number of aromatic nitrogens is 3. The number of nitro benzene ring substituents is 1. The second-order valence-electron chi connectivity index (χ2n) is 4.54. The maximum absolute atomic E-state index is 10.5. The van der Waals surface area contributed by atoms with Crippen LogP contribution in [0.1, 0.15) is 17.7 Å². The maximum Gasteiger partial charge on any atom is 0.303 e. The van der Waals surface area contributed by atoms with Crippen LogP contribution in [-0.4, -0.2) is 31.0 Å². The third-order valence-corrected chi connectivity index (χ3v) is 2.96. The van der Waals surface area contributed by atoms with E-state index in [0.29, 0.717) is 25.1 Å². The van der Waals surface area contributed by atoms with Crippen LogP contribution < -0.4 is 0 Å². The van der Waals surface area contributed by atoms with Crippen LogP contribution in [0.4, 0.5) is 5.69 Å². The van der Waals surface area contributed by atoms with E-state index in [0.717, 1.165) is 5.56 Å². The molecule has 0 saturated carbocycles. The Balaban J connectivity index is 1.88. The second-order valence-corrected chi connectivity index (χ2v) is 4.54. The third-order valence-electron chi connectivity index (χ3n) is 2.96. The Labute approximate surface area is 120 Å². The molecule has 8 nitrogen and oxygen atoms in total. The Morgan fingerprint density at radius 2 is 2.00 bits per heavy atom. The van der Waals surface area contributed by atoms with E-state index in [4.69, 9.17) is 5.11 Å². The molecule has 1 aromatic carbocycles. The van der Waals surface area contributed by atoms with Crippen molar-refractivity contribution in [3.8, 4) is 0 Å². The van der Waals surface area contributed by atoms with Gasteiger partial charge < -0.3 is 5.11 Å². The summed E-state index contributed by atoms with van der Waals surface area (Å²) in [5.74, 6) is -0.865. The summed E-state index contributed by atoms with van der Waals surface area (Å²) in [6.07, 6.45) is 2.77. The Kier molecular flexibility index (Phi) is 4.60. The van der Waals surface area contributed by atoms with Gasteiger partial charge in [0.1, 0.15) is 0 Å². The summed E-state index contributed by atoms with van der Waals surface area (Å²) in [4.78, 5) is 20.6. The van der Waals surface area contributed by atoms with Crippen molar-refractivity contribution in [1.82, 2.24) is 15.0 Å². The molecule has 0 aliphatic heterocycles. The van der Waals surface area contributed by atoms with Gasteiger partial charge in [-0.1, -0.05) is 17.3 Å². The van der Waals surface area contributed by atoms with E-state index in [2.05, 4.69) is 10.3 Å². The van der Waals surface area contributed by atoms with Gasteiger partial charge in [0.05, 0.1) is 17.0 Å². The van der Waals surface area contributed by atoms with Gasteiger partial charge in [0, 0.05) is 31.3 Å². The molecule has 0 aliphatic rings. The van der Waals surface area contributed by atoms with E-state index in [1.54, 1.807) is 23.0 Å². The van der Waals surface area contributed by atoms with Gasteiger partial charge in [-0.05, 0) is 12.0 Å². The van der Waals surface area contributed by atoms with Crippen molar-refractivity contribution in [2.45, 2.75) is 25.8 Å². The molecule has 0 unspecified atom stereocenters. The molecule has 1 heterocycles. The number of hydrogen-bond donors (Lipinski definition) is 1. The summed E-state index contributed by atoms with van der Waals surface area (Å²) < 4.78 is 1.64. The van der Waals surface area contributed by atoms with Crippen LogP contribution >= 0.6 is 0 Å². The van der Waals surface area contributed by atoms with Crippen LogP contribution in [0, 0.1) is 10.1 Å². The van der Waals surface area contributed by atoms with Crippen molar-refractivity contribution in [2.24, 2.45) is 0 Å². The number of hydrogen-bond acceptors (Lipinski definition) is 5. The summed E-state index contributed by atoms with van der Waals surface area (Å²) in [5, 5.41) is 27.0. The monoisotopic (exact) mass is 290 g/mol. The molecular weight excluding hydrogens is 276 g/mol. The Morgan fingerprint density at radius 3 is 2.62 bits per heavy atom. The fraction of sp³-hybridized carbons (Fsp3) is 0.308. The van der Waals surface area contributed by atoms with E-state index >= 15 is 0 Å². The lowest BCUT2D eigenvalue weighted by Gasteiger charge is -2.01. The number of nitro groups is 1. The van der Waals surface area contributed by atoms with E-state index in [1.807, 2.05) is 0 Å². The number of aryl methyl sites for hydroxylation is 3. The summed E-state index contributed by atoms with van der Waals surface area (Å²) >= 11 is 0. The van der Waals surface area contributed by atoms with Gasteiger partial charge in [-0.2, -0.15) is 0 Å². The average molecular weight is 290 g/mol. The van der Waals surface area contributed by atoms with Crippen molar-refractivity contribution in [3.05, 3.63) is 51.8 Å². The number of carbonyl (C=O) groups is 1. The largest absolute Gasteiger partial charge is 0.481 e. The second kappa shape index (κ2) is 6.60. The number of benzene rings is 1. The summed E-state index contributed by atoms with van der Waals surface area (Å²) in [5.41, 5.74) is 1.67. The molecule has 0 bridgehead atoms. The zero-order valence-corrected chi connectivity index (χ0v) is 11.2. The van der Waals surface area contributed by atoms with Gasteiger partial charge >= 0.3 is 5.97 Å². The van der Waals surface area contributed by atoms with Crippen molar-refractivity contribution >= 4 is 11.7 Å². The predicted octanol–water partition coefficient (Wildman–Crippen LogP) is 1.45. The van der Waals surface area contributed by atoms with Gasteiger partial charge in [-0.3, -0.25) is 19.6 Å². The lowest BCUT2D eigenvalue weighted by molar-refractivity contribution is -0.384. The lowest BCUT2D eigenvalue weighted by Crippen LogP contribution is -2.02. The third kappa shape index (κ3) is 4.37. The highest BCUT2D eigenvalue weighted by atomic mass is 16.6. The van der Waals surface area contributed by atoms with Crippen LogP contribution in [-0.2, 0) is 24.2 Å². The molecule has 0 saturated heterocycles. The van der Waals surface area contributed by atoms with Gasteiger partial charge in [-0.25, -0.2) is 0 Å². The first kappa shape index (κ1) is 14.6. The van der Waals surface area contributed by atoms with Crippen LogP contribution in [0.25, 0.3) is 0 Å². The molecule has 0 fully saturated rings. The molecule has 0 atom stereocenters. The zero-order valence-electron chi connectivity index (χ0n) is 11.2. The topological polar surface area (TPSA) is 111 Å². The number of non-ortho nitro benzene ring substituents is 1. The van der Waals surface area contributed by atoms with Gasteiger partial charge in [0.15, 0.2) is 0 Å². The minimum Gasteiger partial charge on any atom is -0.481 e. The molecule has 8 heteroatoms. The van der Waals surface area contributed by atoms with E-state index in [9.17, 15) is 14.9 Å². The summed E-state index contributed by atoms with van der Waals surface area (Å²) in [6, 6.07) is 6.35. The van der Waals surface area contributed by atoms with Crippen molar-refractivity contribution in [2.75, 3.05) is 0 Å². The van der Waals surface area contributed by atoms with Gasteiger partial charge in [0.2, 0.25) is 0 Å². The standard InChI is InChI=1S/C13H14N4O4/c18-13(19)6-3-11-9-16(15-14-11)8-7-10-1-4-12(5-2-10)17(20)21/h1-2,4-5,9H,3,6-8H2,(H,18,19). The molecule has 1 aromatic heterocycles. The van der Waals surface area contributed by atoms with E-state index in [-0.39, 0.29) is 12.1 Å². The molecular formula is C13H14N4O4. The molecule has 0 aliphatic carbocycles. The first-order valence-corrected chi connectivity index (χ1v) is 6.39. The molecule has 0 spiro atoms. The normalized spacial score (nSPS) is 10.5. The Hall–Kier alpha value is -2.77. The van der Waals surface area contributed by atoms with Crippen LogP contribution in [0.15, 0.2) is 30.5 Å². The van der Waals surface area contributed by atoms with Crippen LogP contribution in [0.3, 0.4) is 0 Å². The number of aliphatic carboxylic acids is 1. The fourth-order valence-corrected chi connectivity index (χ4v) is 1.83. The highest BCUT2D eigenvalue weighted by molar-refractivity contribution is 5.66. The quantitative estimate of drug-likeness (QED) is 0.610. The fourth-order valence-electron chi connectivity index (χ4n) is 1.83. The first-order valence-electron chi connectivity index (χ1n) is 6.39. The first-order chi connectivity index (χ1) is 10.0. The Bertz CT molecular complexity index is 636.